The number of hydrogen-bond acceptors (Lipinski definition) is 3. The van der Waals surface area contributed by atoms with Crippen LogP contribution >= 0.6 is 0 Å². The summed E-state index contributed by atoms with van der Waals surface area (Å²) >= 11 is 0. The number of aryl methyl sites for hydroxylation is 1. The highest BCUT2D eigenvalue weighted by Crippen LogP contribution is 2.17. The molecule has 1 fully saturated rings. The number of carbonyl (C=O) groups excluding carboxylic acids is 2. The summed E-state index contributed by atoms with van der Waals surface area (Å²) in [4.78, 5) is 30.9. The quantitative estimate of drug-likeness (QED) is 0.731. The van der Waals surface area contributed by atoms with Crippen LogP contribution in [0.3, 0.4) is 0 Å². The van der Waals surface area contributed by atoms with Gasteiger partial charge in [-0.05, 0) is 55.7 Å². The van der Waals surface area contributed by atoms with E-state index in [4.69, 9.17) is 0 Å². The van der Waals surface area contributed by atoms with E-state index in [0.29, 0.717) is 17.1 Å². The average molecular weight is 377 g/mol. The minimum Gasteiger partial charge on any atom is -0.326 e. The van der Waals surface area contributed by atoms with Gasteiger partial charge in [-0.15, -0.1) is 0 Å². The van der Waals surface area contributed by atoms with Crippen LogP contribution in [0.2, 0.25) is 0 Å². The summed E-state index contributed by atoms with van der Waals surface area (Å²) in [6, 6.07) is 11.1. The van der Waals surface area contributed by atoms with Gasteiger partial charge >= 0.3 is 6.03 Å². The highest BCUT2D eigenvalue weighted by molar-refractivity contribution is 5.94. The van der Waals surface area contributed by atoms with E-state index in [9.17, 15) is 9.59 Å². The first-order valence-electron chi connectivity index (χ1n) is 9.47. The van der Waals surface area contributed by atoms with Crippen LogP contribution in [-0.2, 0) is 11.2 Å². The van der Waals surface area contributed by atoms with Crippen molar-refractivity contribution in [2.45, 2.75) is 26.2 Å². The van der Waals surface area contributed by atoms with Crippen molar-refractivity contribution in [1.82, 2.24) is 14.3 Å². The first-order valence-corrected chi connectivity index (χ1v) is 9.47. The number of urea groups is 1. The maximum absolute atomic E-state index is 12.4. The lowest BCUT2D eigenvalue weighted by Crippen LogP contribution is -2.32. The van der Waals surface area contributed by atoms with Gasteiger partial charge in [0.05, 0.1) is 12.1 Å². The fourth-order valence-electron chi connectivity index (χ4n) is 3.39. The third kappa shape index (κ3) is 4.14. The van der Waals surface area contributed by atoms with Crippen molar-refractivity contribution in [3.8, 4) is 0 Å². The number of anilines is 2. The highest BCUT2D eigenvalue weighted by atomic mass is 16.2. The van der Waals surface area contributed by atoms with Crippen LogP contribution in [0.5, 0.6) is 0 Å². The molecule has 28 heavy (non-hydrogen) atoms. The molecule has 0 spiro atoms. The topological polar surface area (TPSA) is 78.7 Å². The molecule has 0 radical (unpaired) electrons. The molecule has 0 aliphatic carbocycles. The van der Waals surface area contributed by atoms with Gasteiger partial charge < -0.3 is 19.9 Å². The van der Waals surface area contributed by atoms with Crippen LogP contribution in [0.1, 0.15) is 24.1 Å². The van der Waals surface area contributed by atoms with Crippen molar-refractivity contribution in [2.24, 2.45) is 0 Å². The lowest BCUT2D eigenvalue weighted by atomic mass is 10.2. The van der Waals surface area contributed by atoms with Crippen LogP contribution in [-0.4, -0.2) is 39.3 Å². The monoisotopic (exact) mass is 377 g/mol. The molecule has 1 saturated heterocycles. The number of nitrogens with zero attached hydrogens (tertiary/aromatic N) is 3. The van der Waals surface area contributed by atoms with E-state index in [0.717, 1.165) is 37.1 Å². The Bertz CT molecular complexity index is 1020. The standard InChI is InChI=1S/C21H23N5O2/c1-15-7-10-26-14-18(22-19(26)11-15)13-20(27)23-16-5-4-6-17(12-16)24-21(28)25-8-2-3-9-25/h4-7,10-12,14H,2-3,8-9,13H2,1H3,(H,23,27)(H,24,28). The van der Waals surface area contributed by atoms with Gasteiger partial charge in [0.15, 0.2) is 0 Å². The molecule has 1 aliphatic heterocycles. The molecule has 0 saturated carbocycles. The van der Waals surface area contributed by atoms with Crippen molar-refractivity contribution in [3.63, 3.8) is 0 Å². The maximum atomic E-state index is 12.4. The molecule has 3 aromatic rings. The first-order chi connectivity index (χ1) is 13.6. The van der Waals surface area contributed by atoms with Crippen LogP contribution in [0.4, 0.5) is 16.2 Å². The van der Waals surface area contributed by atoms with Crippen molar-refractivity contribution >= 4 is 29.0 Å². The van der Waals surface area contributed by atoms with Gasteiger partial charge in [-0.3, -0.25) is 4.79 Å². The lowest BCUT2D eigenvalue weighted by molar-refractivity contribution is -0.115. The third-order valence-corrected chi connectivity index (χ3v) is 4.80. The SMILES string of the molecule is Cc1ccn2cc(CC(=O)Nc3cccc(NC(=O)N4CCCC4)c3)nc2c1. The largest absolute Gasteiger partial charge is 0.326 e. The first kappa shape index (κ1) is 18.0. The van der Waals surface area contributed by atoms with Crippen LogP contribution in [0, 0.1) is 6.92 Å². The zero-order valence-corrected chi connectivity index (χ0v) is 15.8. The Morgan fingerprint density at radius 1 is 1.07 bits per heavy atom. The van der Waals surface area contributed by atoms with E-state index < -0.39 is 0 Å². The Morgan fingerprint density at radius 2 is 1.82 bits per heavy atom. The van der Waals surface area contributed by atoms with Crippen LogP contribution in [0.15, 0.2) is 48.8 Å². The molecule has 3 amide bonds. The molecule has 2 N–H and O–H groups in total. The third-order valence-electron chi connectivity index (χ3n) is 4.80. The maximum Gasteiger partial charge on any atom is 0.321 e. The van der Waals surface area contributed by atoms with E-state index in [1.165, 1.54) is 0 Å². The second kappa shape index (κ2) is 7.72. The zero-order chi connectivity index (χ0) is 19.5. The second-order valence-electron chi connectivity index (χ2n) is 7.13. The molecule has 7 heteroatoms. The average Bonchev–Trinajstić information content (AvgIpc) is 3.31. The molecule has 0 atom stereocenters. The molecule has 3 heterocycles. The normalized spacial score (nSPS) is 13.7. The number of likely N-dealkylation sites (tertiary alicyclic amines) is 1. The number of hydrogen-bond donors (Lipinski definition) is 2. The smallest absolute Gasteiger partial charge is 0.321 e. The predicted octanol–water partition coefficient (Wildman–Crippen LogP) is 3.45. The summed E-state index contributed by atoms with van der Waals surface area (Å²) in [6.45, 7) is 3.60. The summed E-state index contributed by atoms with van der Waals surface area (Å²) < 4.78 is 1.91. The Hall–Kier alpha value is -3.35. The fraction of sp³-hybridized carbons (Fsp3) is 0.286. The zero-order valence-electron chi connectivity index (χ0n) is 15.8. The van der Waals surface area contributed by atoms with E-state index in [-0.39, 0.29) is 18.4 Å². The number of carbonyl (C=O) groups is 2. The summed E-state index contributed by atoms with van der Waals surface area (Å²) in [5.74, 6) is -0.150. The number of fused-ring (bicyclic) bond motifs is 1. The number of pyridine rings is 1. The molecule has 1 aromatic carbocycles. The number of aromatic nitrogens is 2. The number of rotatable bonds is 4. The number of nitrogens with one attached hydrogen (secondary N) is 2. The Kier molecular flexibility index (Phi) is 4.97. The number of benzene rings is 1. The van der Waals surface area contributed by atoms with E-state index in [2.05, 4.69) is 15.6 Å². The minimum atomic E-state index is -0.150. The van der Waals surface area contributed by atoms with Gasteiger partial charge in [0.2, 0.25) is 5.91 Å². The Morgan fingerprint density at radius 3 is 2.61 bits per heavy atom. The molecule has 4 rings (SSSR count). The Balaban J connectivity index is 1.39. The molecule has 1 aliphatic rings. The predicted molar refractivity (Wildman–Crippen MR) is 109 cm³/mol. The van der Waals surface area contributed by atoms with E-state index >= 15 is 0 Å². The molecule has 144 valence electrons. The second-order valence-corrected chi connectivity index (χ2v) is 7.13. The fourth-order valence-corrected chi connectivity index (χ4v) is 3.39. The summed E-state index contributed by atoms with van der Waals surface area (Å²) in [5.41, 5.74) is 3.97. The summed E-state index contributed by atoms with van der Waals surface area (Å²) in [7, 11) is 0. The van der Waals surface area contributed by atoms with Gasteiger partial charge in [0, 0.05) is 36.9 Å². The van der Waals surface area contributed by atoms with E-state index in [1.807, 2.05) is 48.0 Å². The van der Waals surface area contributed by atoms with Crippen molar-refractivity contribution in [1.29, 1.82) is 0 Å². The number of amides is 3. The van der Waals surface area contributed by atoms with Crippen molar-refractivity contribution in [2.75, 3.05) is 23.7 Å². The summed E-state index contributed by atoms with van der Waals surface area (Å²) in [6.07, 6.45) is 6.08. The van der Waals surface area contributed by atoms with Gasteiger partial charge in [-0.25, -0.2) is 9.78 Å². The van der Waals surface area contributed by atoms with Gasteiger partial charge in [-0.2, -0.15) is 0 Å². The van der Waals surface area contributed by atoms with Gasteiger partial charge in [0.1, 0.15) is 5.65 Å². The highest BCUT2D eigenvalue weighted by Gasteiger charge is 2.17. The molecule has 0 unspecified atom stereocenters. The van der Waals surface area contributed by atoms with Gasteiger partial charge in [0.25, 0.3) is 0 Å². The molecular formula is C21H23N5O2. The van der Waals surface area contributed by atoms with Crippen molar-refractivity contribution in [3.05, 3.63) is 60.0 Å². The summed E-state index contributed by atoms with van der Waals surface area (Å²) in [5, 5.41) is 5.77. The molecule has 2 aromatic heterocycles. The lowest BCUT2D eigenvalue weighted by Gasteiger charge is -2.16. The molecular weight excluding hydrogens is 354 g/mol. The minimum absolute atomic E-state index is 0.0963. The number of imidazole rings is 1. The van der Waals surface area contributed by atoms with Crippen LogP contribution < -0.4 is 10.6 Å². The van der Waals surface area contributed by atoms with E-state index in [1.54, 1.807) is 17.0 Å². The van der Waals surface area contributed by atoms with Crippen LogP contribution in [0.25, 0.3) is 5.65 Å². The molecule has 0 bridgehead atoms. The molecule has 7 nitrogen and oxygen atoms in total. The Labute approximate surface area is 163 Å². The van der Waals surface area contributed by atoms with Crippen molar-refractivity contribution < 1.29 is 9.59 Å². The van der Waals surface area contributed by atoms with Gasteiger partial charge in [-0.1, -0.05) is 6.07 Å².